The van der Waals surface area contributed by atoms with Crippen LogP contribution >= 0.6 is 0 Å². The highest BCUT2D eigenvalue weighted by Crippen LogP contribution is 1.97. The van der Waals surface area contributed by atoms with Crippen LogP contribution < -0.4 is 4.57 Å². The first-order chi connectivity index (χ1) is 7.27. The summed E-state index contributed by atoms with van der Waals surface area (Å²) in [7, 11) is 0. The van der Waals surface area contributed by atoms with Crippen LogP contribution in [0.3, 0.4) is 0 Å². The van der Waals surface area contributed by atoms with Gasteiger partial charge in [-0.3, -0.25) is 0 Å². The molecule has 0 amide bonds. The molecule has 0 atom stereocenters. The second-order valence-electron chi connectivity index (χ2n) is 3.28. The van der Waals surface area contributed by atoms with Gasteiger partial charge in [0.05, 0.1) is 5.56 Å². The molecule has 1 heterocycles. The van der Waals surface area contributed by atoms with E-state index in [0.29, 0.717) is 5.56 Å². The third-order valence-electron chi connectivity index (χ3n) is 2.12. The zero-order valence-electron chi connectivity index (χ0n) is 8.42. The molecule has 2 aromatic rings. The monoisotopic (exact) mass is 199 g/mol. The fraction of sp³-hybridized carbons (Fsp3) is 0.0833. The normalized spacial score (nSPS) is 9.93. The highest BCUT2D eigenvalue weighted by Gasteiger charge is 2.12. The Hall–Kier alpha value is -2.03. The van der Waals surface area contributed by atoms with Crippen molar-refractivity contribution in [1.82, 2.24) is 4.98 Å². The number of aryl methyl sites for hydroxylation is 1. The van der Waals surface area contributed by atoms with Crippen molar-refractivity contribution in [3.05, 3.63) is 60.2 Å². The van der Waals surface area contributed by atoms with Crippen LogP contribution in [0.4, 0.5) is 0 Å². The zero-order valence-corrected chi connectivity index (χ0v) is 8.42. The van der Waals surface area contributed by atoms with E-state index in [1.807, 2.05) is 25.1 Å². The van der Waals surface area contributed by atoms with Gasteiger partial charge in [-0.15, -0.1) is 0 Å². The summed E-state index contributed by atoms with van der Waals surface area (Å²) >= 11 is 0. The number of carbonyl (C=O) groups excluding carboxylic acids is 1. The van der Waals surface area contributed by atoms with Crippen molar-refractivity contribution in [2.75, 3.05) is 0 Å². The van der Waals surface area contributed by atoms with E-state index in [4.69, 9.17) is 0 Å². The van der Waals surface area contributed by atoms with Gasteiger partial charge in [-0.25, -0.2) is 4.79 Å². The van der Waals surface area contributed by atoms with E-state index in [0.717, 1.165) is 5.69 Å². The lowest BCUT2D eigenvalue weighted by Crippen LogP contribution is -2.42. The van der Waals surface area contributed by atoms with Gasteiger partial charge in [0.2, 0.25) is 0 Å². The van der Waals surface area contributed by atoms with E-state index in [2.05, 4.69) is 4.98 Å². The van der Waals surface area contributed by atoms with Crippen LogP contribution in [-0.2, 0) is 0 Å². The van der Waals surface area contributed by atoms with Crippen LogP contribution in [0.2, 0.25) is 0 Å². The molecule has 0 bridgehead atoms. The molecule has 0 aliphatic carbocycles. The third kappa shape index (κ3) is 2.07. The minimum absolute atomic E-state index is 0.0666. The molecule has 0 fully saturated rings. The highest BCUT2D eigenvalue weighted by atomic mass is 16.2. The Morgan fingerprint density at radius 1 is 1.20 bits per heavy atom. The summed E-state index contributed by atoms with van der Waals surface area (Å²) in [6.45, 7) is 1.89. The average Bonchev–Trinajstić information content (AvgIpc) is 2.30. The molecule has 0 radical (unpaired) electrons. The van der Waals surface area contributed by atoms with Crippen molar-refractivity contribution in [3.8, 4) is 0 Å². The van der Waals surface area contributed by atoms with E-state index in [-0.39, 0.29) is 5.91 Å². The van der Waals surface area contributed by atoms with Crippen molar-refractivity contribution >= 4 is 5.91 Å². The zero-order chi connectivity index (χ0) is 10.7. The Morgan fingerprint density at radius 3 is 2.53 bits per heavy atom. The van der Waals surface area contributed by atoms with Crippen molar-refractivity contribution < 1.29 is 9.36 Å². The fourth-order valence-electron chi connectivity index (χ4n) is 1.27. The Bertz CT molecular complexity index is 463. The topological polar surface area (TPSA) is 33.8 Å². The predicted octanol–water partition coefficient (Wildman–Crippen LogP) is 1.37. The van der Waals surface area contributed by atoms with E-state index in [1.165, 1.54) is 10.9 Å². The third-order valence-corrected chi connectivity index (χ3v) is 2.12. The summed E-state index contributed by atoms with van der Waals surface area (Å²) in [6.07, 6.45) is 3.25. The van der Waals surface area contributed by atoms with Gasteiger partial charge < -0.3 is 0 Å². The number of benzene rings is 1. The van der Waals surface area contributed by atoms with Gasteiger partial charge >= 0.3 is 5.91 Å². The minimum Gasteiger partial charge on any atom is -0.240 e. The van der Waals surface area contributed by atoms with Crippen LogP contribution in [0.25, 0.3) is 0 Å². The maximum Gasteiger partial charge on any atom is 0.345 e. The summed E-state index contributed by atoms with van der Waals surface area (Å²) in [4.78, 5) is 15.9. The van der Waals surface area contributed by atoms with Crippen LogP contribution in [-0.4, -0.2) is 10.9 Å². The predicted molar refractivity (Wildman–Crippen MR) is 55.3 cm³/mol. The number of aromatic nitrogens is 2. The molecule has 2 rings (SSSR count). The summed E-state index contributed by atoms with van der Waals surface area (Å²) < 4.78 is 1.47. The van der Waals surface area contributed by atoms with Gasteiger partial charge in [0.25, 0.3) is 6.33 Å². The molecule has 1 aromatic heterocycles. The summed E-state index contributed by atoms with van der Waals surface area (Å²) in [5.41, 5.74) is 1.56. The highest BCUT2D eigenvalue weighted by molar-refractivity contribution is 5.86. The van der Waals surface area contributed by atoms with E-state index < -0.39 is 0 Å². The van der Waals surface area contributed by atoms with Crippen LogP contribution in [0.15, 0.2) is 48.9 Å². The minimum atomic E-state index is -0.0666. The Labute approximate surface area is 88.0 Å². The smallest absolute Gasteiger partial charge is 0.240 e. The van der Waals surface area contributed by atoms with Gasteiger partial charge in [-0.05, 0) is 12.1 Å². The molecule has 3 heteroatoms. The number of carbonyl (C=O) groups is 1. The van der Waals surface area contributed by atoms with Gasteiger partial charge in [0.1, 0.15) is 6.20 Å². The lowest BCUT2D eigenvalue weighted by Gasteiger charge is -1.96. The van der Waals surface area contributed by atoms with Crippen molar-refractivity contribution in [2.45, 2.75) is 6.92 Å². The SMILES string of the molecule is Cc1cc[n+](C(=O)c2ccccc2)cn1. The number of nitrogens with zero attached hydrogens (tertiary/aromatic N) is 2. The second-order valence-corrected chi connectivity index (χ2v) is 3.28. The molecule has 0 saturated carbocycles. The van der Waals surface area contributed by atoms with Crippen molar-refractivity contribution in [2.24, 2.45) is 0 Å². The van der Waals surface area contributed by atoms with Crippen molar-refractivity contribution in [1.29, 1.82) is 0 Å². The molecule has 0 saturated heterocycles. The van der Waals surface area contributed by atoms with Crippen molar-refractivity contribution in [3.63, 3.8) is 0 Å². The fourth-order valence-corrected chi connectivity index (χ4v) is 1.27. The van der Waals surface area contributed by atoms with Crippen LogP contribution in [0.1, 0.15) is 16.1 Å². The summed E-state index contributed by atoms with van der Waals surface area (Å²) in [5, 5.41) is 0. The van der Waals surface area contributed by atoms with E-state index in [9.17, 15) is 4.79 Å². The first-order valence-electron chi connectivity index (χ1n) is 4.71. The van der Waals surface area contributed by atoms with E-state index >= 15 is 0 Å². The quantitative estimate of drug-likeness (QED) is 0.650. The van der Waals surface area contributed by atoms with Gasteiger partial charge in [-0.2, -0.15) is 4.57 Å². The molecule has 74 valence electrons. The Morgan fingerprint density at radius 2 is 1.93 bits per heavy atom. The largest absolute Gasteiger partial charge is 0.345 e. The maximum absolute atomic E-state index is 11.9. The molecule has 3 nitrogen and oxygen atoms in total. The standard InChI is InChI=1S/C12H11N2O/c1-10-7-8-14(9-13-10)12(15)11-5-3-2-4-6-11/h2-9H,1H3/q+1. The molecule has 1 aromatic carbocycles. The summed E-state index contributed by atoms with van der Waals surface area (Å²) in [6, 6.07) is 10.9. The van der Waals surface area contributed by atoms with Gasteiger partial charge in [0, 0.05) is 13.0 Å². The van der Waals surface area contributed by atoms with Crippen LogP contribution in [0, 0.1) is 6.92 Å². The second kappa shape index (κ2) is 4.00. The molecular formula is C12H11N2O+. The number of hydrogen-bond acceptors (Lipinski definition) is 2. The first kappa shape index (κ1) is 9.52. The molecule has 0 aliphatic heterocycles. The van der Waals surface area contributed by atoms with Crippen LogP contribution in [0.5, 0.6) is 0 Å². The van der Waals surface area contributed by atoms with Gasteiger partial charge in [0.15, 0.2) is 5.69 Å². The Balaban J connectivity index is 2.33. The van der Waals surface area contributed by atoms with E-state index in [1.54, 1.807) is 24.4 Å². The number of hydrogen-bond donors (Lipinski definition) is 0. The molecule has 0 spiro atoms. The molecule has 0 N–H and O–H groups in total. The molecule has 0 aliphatic rings. The first-order valence-corrected chi connectivity index (χ1v) is 4.71. The lowest BCUT2D eigenvalue weighted by molar-refractivity contribution is -0.574. The molecule has 15 heavy (non-hydrogen) atoms. The maximum atomic E-state index is 11.9. The average molecular weight is 199 g/mol. The Kier molecular flexibility index (Phi) is 2.54. The molecule has 0 unspecified atom stereocenters. The summed E-state index contributed by atoms with van der Waals surface area (Å²) in [5.74, 6) is -0.0666. The lowest BCUT2D eigenvalue weighted by atomic mass is 10.2. The van der Waals surface area contributed by atoms with Gasteiger partial charge in [-0.1, -0.05) is 23.2 Å². The number of rotatable bonds is 1. The molecular weight excluding hydrogens is 188 g/mol.